The van der Waals surface area contributed by atoms with Crippen LogP contribution in [0.1, 0.15) is 11.1 Å². The highest BCUT2D eigenvalue weighted by Crippen LogP contribution is 2.34. The Morgan fingerprint density at radius 3 is 2.43 bits per heavy atom. The normalized spacial score (nSPS) is 10.8. The smallest absolute Gasteiger partial charge is 0.388 e. The van der Waals surface area contributed by atoms with E-state index in [0.717, 1.165) is 12.1 Å². The molecule has 14 heavy (non-hydrogen) atoms. The van der Waals surface area contributed by atoms with Crippen molar-refractivity contribution in [3.05, 3.63) is 29.3 Å². The first kappa shape index (κ1) is 10.4. The molecule has 5 heteroatoms. The van der Waals surface area contributed by atoms with Gasteiger partial charge in [0, 0.05) is 12.7 Å². The van der Waals surface area contributed by atoms with Crippen LogP contribution in [0.15, 0.2) is 18.2 Å². The number of alkyl halides is 3. The first-order valence-electron chi connectivity index (χ1n) is 3.78. The van der Waals surface area contributed by atoms with E-state index in [1.807, 2.05) is 0 Å². The summed E-state index contributed by atoms with van der Waals surface area (Å²) in [7, 11) is 1.38. The lowest BCUT2D eigenvalue weighted by Crippen LogP contribution is -2.08. The molecule has 74 valence electrons. The minimum absolute atomic E-state index is 0.0865. The van der Waals surface area contributed by atoms with Crippen LogP contribution >= 0.6 is 0 Å². The standard InChI is InChI=1S/C9H7F3N2/c1-14-8-4-6(5-13)2-3-7(8)9(10,11)12/h2-4,14H,1H3. The second kappa shape index (κ2) is 3.58. The Morgan fingerprint density at radius 2 is 2.00 bits per heavy atom. The number of hydrogen-bond donors (Lipinski definition) is 1. The molecule has 0 bridgehead atoms. The average Bonchev–Trinajstić information content (AvgIpc) is 2.15. The molecule has 0 heterocycles. The van der Waals surface area contributed by atoms with Gasteiger partial charge in [0.25, 0.3) is 0 Å². The molecule has 0 aromatic heterocycles. The molecule has 0 aliphatic heterocycles. The van der Waals surface area contributed by atoms with Crippen molar-refractivity contribution in [2.75, 3.05) is 12.4 Å². The lowest BCUT2D eigenvalue weighted by atomic mass is 10.1. The number of anilines is 1. The van der Waals surface area contributed by atoms with Crippen molar-refractivity contribution >= 4 is 5.69 Å². The number of nitrogens with zero attached hydrogens (tertiary/aromatic N) is 1. The van der Waals surface area contributed by atoms with E-state index in [-0.39, 0.29) is 11.3 Å². The lowest BCUT2D eigenvalue weighted by Gasteiger charge is -2.12. The maximum atomic E-state index is 12.3. The number of nitriles is 1. The monoisotopic (exact) mass is 200 g/mol. The lowest BCUT2D eigenvalue weighted by molar-refractivity contribution is -0.136. The molecule has 0 aliphatic rings. The minimum Gasteiger partial charge on any atom is -0.388 e. The molecule has 2 nitrogen and oxygen atoms in total. The summed E-state index contributed by atoms with van der Waals surface area (Å²) in [6.45, 7) is 0. The topological polar surface area (TPSA) is 35.8 Å². The number of nitrogens with one attached hydrogen (secondary N) is 1. The number of rotatable bonds is 1. The molecular weight excluding hydrogens is 193 g/mol. The van der Waals surface area contributed by atoms with Crippen LogP contribution in [-0.4, -0.2) is 7.05 Å². The SMILES string of the molecule is CNc1cc(C#N)ccc1C(F)(F)F. The highest BCUT2D eigenvalue weighted by atomic mass is 19.4. The fourth-order valence-corrected chi connectivity index (χ4v) is 1.07. The maximum absolute atomic E-state index is 12.3. The van der Waals surface area contributed by atoms with E-state index in [0.29, 0.717) is 0 Å². The molecule has 0 atom stereocenters. The maximum Gasteiger partial charge on any atom is 0.418 e. The van der Waals surface area contributed by atoms with Gasteiger partial charge in [-0.05, 0) is 18.2 Å². The van der Waals surface area contributed by atoms with Gasteiger partial charge in [-0.1, -0.05) is 0 Å². The second-order valence-electron chi connectivity index (χ2n) is 2.62. The molecule has 0 radical (unpaired) electrons. The quantitative estimate of drug-likeness (QED) is 0.756. The molecule has 1 aromatic rings. The summed E-state index contributed by atoms with van der Waals surface area (Å²) in [6, 6.07) is 4.98. The van der Waals surface area contributed by atoms with Crippen molar-refractivity contribution in [1.82, 2.24) is 0 Å². The molecule has 0 aliphatic carbocycles. The van der Waals surface area contributed by atoms with E-state index in [9.17, 15) is 13.2 Å². The molecule has 0 fully saturated rings. The Bertz CT molecular complexity index is 377. The predicted octanol–water partition coefficient (Wildman–Crippen LogP) is 2.62. The first-order chi connectivity index (χ1) is 6.49. The number of benzene rings is 1. The molecule has 1 N–H and O–H groups in total. The van der Waals surface area contributed by atoms with E-state index in [1.54, 1.807) is 6.07 Å². The van der Waals surface area contributed by atoms with Crippen LogP contribution in [0.3, 0.4) is 0 Å². The van der Waals surface area contributed by atoms with Crippen LogP contribution in [0, 0.1) is 11.3 Å². The summed E-state index contributed by atoms with van der Waals surface area (Å²) < 4.78 is 37.0. The molecule has 0 saturated heterocycles. The molecule has 0 amide bonds. The van der Waals surface area contributed by atoms with Gasteiger partial charge >= 0.3 is 6.18 Å². The van der Waals surface area contributed by atoms with Crippen LogP contribution in [0.5, 0.6) is 0 Å². The van der Waals surface area contributed by atoms with Gasteiger partial charge in [0.1, 0.15) is 0 Å². The summed E-state index contributed by atoms with van der Waals surface area (Å²) >= 11 is 0. The van der Waals surface area contributed by atoms with E-state index in [1.165, 1.54) is 13.1 Å². The summed E-state index contributed by atoms with van der Waals surface area (Å²) in [5.41, 5.74) is -0.655. The van der Waals surface area contributed by atoms with Crippen molar-refractivity contribution in [3.8, 4) is 6.07 Å². The van der Waals surface area contributed by atoms with Gasteiger partial charge in [-0.25, -0.2) is 0 Å². The fourth-order valence-electron chi connectivity index (χ4n) is 1.07. The molecule has 0 saturated carbocycles. The Balaban J connectivity index is 3.27. The van der Waals surface area contributed by atoms with Gasteiger partial charge in [-0.2, -0.15) is 18.4 Å². The fraction of sp³-hybridized carbons (Fsp3) is 0.222. The Labute approximate surface area is 79.0 Å². The molecule has 1 aromatic carbocycles. The largest absolute Gasteiger partial charge is 0.418 e. The second-order valence-corrected chi connectivity index (χ2v) is 2.62. The van der Waals surface area contributed by atoms with Crippen molar-refractivity contribution in [1.29, 1.82) is 5.26 Å². The van der Waals surface area contributed by atoms with E-state index >= 15 is 0 Å². The molecule has 0 spiro atoms. The Morgan fingerprint density at radius 1 is 1.36 bits per heavy atom. The zero-order valence-corrected chi connectivity index (χ0v) is 7.31. The van der Waals surface area contributed by atoms with E-state index in [4.69, 9.17) is 5.26 Å². The van der Waals surface area contributed by atoms with E-state index < -0.39 is 11.7 Å². The zero-order chi connectivity index (χ0) is 10.8. The van der Waals surface area contributed by atoms with Crippen LogP contribution in [0.2, 0.25) is 0 Å². The highest BCUT2D eigenvalue weighted by molar-refractivity contribution is 5.56. The van der Waals surface area contributed by atoms with Crippen LogP contribution in [0.4, 0.5) is 18.9 Å². The summed E-state index contributed by atoms with van der Waals surface area (Å²) in [4.78, 5) is 0. The van der Waals surface area contributed by atoms with Gasteiger partial charge in [-0.15, -0.1) is 0 Å². The zero-order valence-electron chi connectivity index (χ0n) is 7.31. The minimum atomic E-state index is -4.40. The summed E-state index contributed by atoms with van der Waals surface area (Å²) in [5, 5.41) is 10.9. The molecule has 1 rings (SSSR count). The summed E-state index contributed by atoms with van der Waals surface area (Å²) in [5.74, 6) is 0. The number of hydrogen-bond acceptors (Lipinski definition) is 2. The Hall–Kier alpha value is -1.70. The van der Waals surface area contributed by atoms with Crippen molar-refractivity contribution in [2.24, 2.45) is 0 Å². The average molecular weight is 200 g/mol. The first-order valence-corrected chi connectivity index (χ1v) is 3.78. The molecule has 0 unspecified atom stereocenters. The predicted molar refractivity (Wildman–Crippen MR) is 45.7 cm³/mol. The van der Waals surface area contributed by atoms with Crippen molar-refractivity contribution in [3.63, 3.8) is 0 Å². The third-order valence-corrected chi connectivity index (χ3v) is 1.72. The summed E-state index contributed by atoms with van der Waals surface area (Å²) in [6.07, 6.45) is -4.40. The van der Waals surface area contributed by atoms with E-state index in [2.05, 4.69) is 5.32 Å². The van der Waals surface area contributed by atoms with Gasteiger partial charge in [0.15, 0.2) is 0 Å². The van der Waals surface area contributed by atoms with Crippen LogP contribution in [-0.2, 0) is 6.18 Å². The van der Waals surface area contributed by atoms with Gasteiger partial charge in [0.05, 0.1) is 17.2 Å². The van der Waals surface area contributed by atoms with Gasteiger partial charge in [0.2, 0.25) is 0 Å². The Kier molecular flexibility index (Phi) is 2.65. The van der Waals surface area contributed by atoms with Gasteiger partial charge < -0.3 is 5.32 Å². The molecular formula is C9H7F3N2. The number of halogens is 3. The highest BCUT2D eigenvalue weighted by Gasteiger charge is 2.33. The third-order valence-electron chi connectivity index (χ3n) is 1.72. The van der Waals surface area contributed by atoms with Crippen molar-refractivity contribution < 1.29 is 13.2 Å². The third kappa shape index (κ3) is 1.96. The van der Waals surface area contributed by atoms with Gasteiger partial charge in [-0.3, -0.25) is 0 Å². The van der Waals surface area contributed by atoms with Crippen LogP contribution in [0.25, 0.3) is 0 Å². The van der Waals surface area contributed by atoms with Crippen molar-refractivity contribution in [2.45, 2.75) is 6.18 Å². The van der Waals surface area contributed by atoms with Crippen LogP contribution < -0.4 is 5.32 Å².